The lowest BCUT2D eigenvalue weighted by atomic mass is 10.1. The summed E-state index contributed by atoms with van der Waals surface area (Å²) in [6.07, 6.45) is 0. The number of rotatable bonds is 3. The van der Waals surface area contributed by atoms with Crippen molar-refractivity contribution in [3.8, 4) is 0 Å². The molecule has 1 rings (SSSR count). The first-order valence-electron chi connectivity index (χ1n) is 3.98. The van der Waals surface area contributed by atoms with Gasteiger partial charge in [-0.15, -0.1) is 0 Å². The molecule has 0 saturated carbocycles. The Bertz CT molecular complexity index is 399. The highest BCUT2D eigenvalue weighted by Gasteiger charge is 2.10. The van der Waals surface area contributed by atoms with Crippen molar-refractivity contribution >= 4 is 10.1 Å². The maximum atomic E-state index is 10.7. The van der Waals surface area contributed by atoms with Gasteiger partial charge in [-0.3, -0.25) is 4.55 Å². The van der Waals surface area contributed by atoms with E-state index in [1.54, 1.807) is 0 Å². The minimum absolute atomic E-state index is 0.148. The highest BCUT2D eigenvalue weighted by molar-refractivity contribution is 7.85. The van der Waals surface area contributed by atoms with E-state index < -0.39 is 10.1 Å². The van der Waals surface area contributed by atoms with Gasteiger partial charge >= 0.3 is 0 Å². The molecule has 0 amide bonds. The van der Waals surface area contributed by atoms with Crippen LogP contribution < -0.4 is 11.5 Å². The Morgan fingerprint density at radius 2 is 1.79 bits per heavy atom. The summed E-state index contributed by atoms with van der Waals surface area (Å²) in [6.45, 7) is 0.283. The van der Waals surface area contributed by atoms with E-state index >= 15 is 0 Å². The Labute approximate surface area is 82.5 Å². The normalized spacial score (nSPS) is 13.9. The number of hydrogen-bond donors (Lipinski definition) is 3. The molecule has 14 heavy (non-hydrogen) atoms. The van der Waals surface area contributed by atoms with E-state index in [1.165, 1.54) is 24.3 Å². The molecule has 0 radical (unpaired) electrons. The average molecular weight is 216 g/mol. The molecule has 0 saturated heterocycles. The van der Waals surface area contributed by atoms with Crippen molar-refractivity contribution in [2.75, 3.05) is 6.54 Å². The van der Waals surface area contributed by atoms with Crippen LogP contribution in [0.5, 0.6) is 0 Å². The lowest BCUT2D eigenvalue weighted by molar-refractivity contribution is 0.483. The molecule has 5 N–H and O–H groups in total. The SMILES string of the molecule is NC[C@@H](N)c1ccc(S(=O)(=O)O)cc1. The van der Waals surface area contributed by atoms with Crippen LogP contribution in [0.2, 0.25) is 0 Å². The van der Waals surface area contributed by atoms with Crippen LogP contribution >= 0.6 is 0 Å². The minimum Gasteiger partial charge on any atom is -0.329 e. The van der Waals surface area contributed by atoms with E-state index in [4.69, 9.17) is 16.0 Å². The molecule has 0 aliphatic carbocycles. The molecule has 0 aromatic heterocycles. The molecule has 5 nitrogen and oxygen atoms in total. The Balaban J connectivity index is 3.01. The number of nitrogens with two attached hydrogens (primary N) is 2. The topological polar surface area (TPSA) is 106 Å². The third-order valence-corrected chi connectivity index (χ3v) is 2.73. The second kappa shape index (κ2) is 4.05. The third kappa shape index (κ3) is 2.52. The van der Waals surface area contributed by atoms with Gasteiger partial charge in [0.1, 0.15) is 0 Å². The molecule has 0 aliphatic rings. The lowest BCUT2D eigenvalue weighted by Crippen LogP contribution is -2.20. The molecule has 0 aliphatic heterocycles. The van der Waals surface area contributed by atoms with Crippen LogP contribution in [0.1, 0.15) is 11.6 Å². The fourth-order valence-corrected chi connectivity index (χ4v) is 1.50. The molecule has 0 fully saturated rings. The van der Waals surface area contributed by atoms with Crippen LogP contribution in [0, 0.1) is 0 Å². The van der Waals surface area contributed by atoms with Crippen LogP contribution in [-0.2, 0) is 10.1 Å². The van der Waals surface area contributed by atoms with Gasteiger partial charge in [0.25, 0.3) is 10.1 Å². The molecule has 1 aromatic rings. The molecule has 1 atom stereocenters. The summed E-state index contributed by atoms with van der Waals surface area (Å²) in [7, 11) is -4.12. The molecule has 0 bridgehead atoms. The standard InChI is InChI=1S/C8H12N2O3S/c9-5-8(10)6-1-3-7(4-2-6)14(11,12)13/h1-4,8H,5,9-10H2,(H,11,12,13)/t8-/m1/s1. The van der Waals surface area contributed by atoms with E-state index in [0.29, 0.717) is 0 Å². The van der Waals surface area contributed by atoms with E-state index in [2.05, 4.69) is 0 Å². The first-order valence-corrected chi connectivity index (χ1v) is 5.42. The van der Waals surface area contributed by atoms with Crippen LogP contribution in [0.4, 0.5) is 0 Å². The predicted octanol–water partition coefficient (Wildman–Crippen LogP) is -0.108. The van der Waals surface area contributed by atoms with Gasteiger partial charge < -0.3 is 11.5 Å². The van der Waals surface area contributed by atoms with E-state index in [0.717, 1.165) is 5.56 Å². The predicted molar refractivity (Wildman–Crippen MR) is 52.2 cm³/mol. The van der Waals surface area contributed by atoms with E-state index in [9.17, 15) is 8.42 Å². The molecule has 0 spiro atoms. The molecule has 1 aromatic carbocycles. The minimum atomic E-state index is -4.12. The summed E-state index contributed by atoms with van der Waals surface area (Å²) in [4.78, 5) is -0.148. The highest BCUT2D eigenvalue weighted by atomic mass is 32.2. The van der Waals surface area contributed by atoms with Gasteiger partial charge in [-0.2, -0.15) is 8.42 Å². The summed E-state index contributed by atoms with van der Waals surface area (Å²) in [5.41, 5.74) is 11.7. The van der Waals surface area contributed by atoms with Gasteiger partial charge in [0.15, 0.2) is 0 Å². The largest absolute Gasteiger partial charge is 0.329 e. The zero-order valence-electron chi connectivity index (χ0n) is 7.42. The Kier molecular flexibility index (Phi) is 3.22. The second-order valence-corrected chi connectivity index (χ2v) is 4.31. The first kappa shape index (κ1) is 11.1. The summed E-state index contributed by atoms with van der Waals surface area (Å²) >= 11 is 0. The maximum absolute atomic E-state index is 10.7. The molecule has 0 unspecified atom stereocenters. The third-order valence-electron chi connectivity index (χ3n) is 1.86. The van der Waals surface area contributed by atoms with Crippen molar-refractivity contribution in [2.45, 2.75) is 10.9 Å². The number of hydrogen-bond acceptors (Lipinski definition) is 4. The van der Waals surface area contributed by atoms with E-state index in [1.807, 2.05) is 0 Å². The quantitative estimate of drug-likeness (QED) is 0.611. The Morgan fingerprint density at radius 3 is 2.14 bits per heavy atom. The van der Waals surface area contributed by atoms with Gasteiger partial charge in [-0.05, 0) is 17.7 Å². The molecule has 78 valence electrons. The van der Waals surface area contributed by atoms with Crippen molar-refractivity contribution in [2.24, 2.45) is 11.5 Å². The van der Waals surface area contributed by atoms with Gasteiger partial charge in [0.2, 0.25) is 0 Å². The molecule has 0 heterocycles. The van der Waals surface area contributed by atoms with Crippen LogP contribution in [0.15, 0.2) is 29.2 Å². The van der Waals surface area contributed by atoms with Crippen LogP contribution in [-0.4, -0.2) is 19.5 Å². The van der Waals surface area contributed by atoms with Gasteiger partial charge in [-0.25, -0.2) is 0 Å². The van der Waals surface area contributed by atoms with Crippen molar-refractivity contribution < 1.29 is 13.0 Å². The summed E-state index contributed by atoms with van der Waals surface area (Å²) in [5.74, 6) is 0. The van der Waals surface area contributed by atoms with Crippen LogP contribution in [0.25, 0.3) is 0 Å². The molecule has 6 heteroatoms. The Morgan fingerprint density at radius 1 is 1.29 bits per heavy atom. The van der Waals surface area contributed by atoms with Crippen LogP contribution in [0.3, 0.4) is 0 Å². The van der Waals surface area contributed by atoms with E-state index in [-0.39, 0.29) is 17.5 Å². The lowest BCUT2D eigenvalue weighted by Gasteiger charge is -2.08. The highest BCUT2D eigenvalue weighted by Crippen LogP contribution is 2.13. The fraction of sp³-hybridized carbons (Fsp3) is 0.250. The average Bonchev–Trinajstić information content (AvgIpc) is 2.15. The summed E-state index contributed by atoms with van der Waals surface area (Å²) in [6, 6.07) is 5.33. The second-order valence-electron chi connectivity index (χ2n) is 2.89. The van der Waals surface area contributed by atoms with Crippen molar-refractivity contribution in [1.82, 2.24) is 0 Å². The van der Waals surface area contributed by atoms with Crippen molar-refractivity contribution in [1.29, 1.82) is 0 Å². The summed E-state index contributed by atoms with van der Waals surface area (Å²) in [5, 5.41) is 0. The molecular weight excluding hydrogens is 204 g/mol. The van der Waals surface area contributed by atoms with Gasteiger partial charge in [0, 0.05) is 12.6 Å². The van der Waals surface area contributed by atoms with Gasteiger partial charge in [0.05, 0.1) is 4.90 Å². The van der Waals surface area contributed by atoms with Crippen molar-refractivity contribution in [3.05, 3.63) is 29.8 Å². The maximum Gasteiger partial charge on any atom is 0.294 e. The monoisotopic (exact) mass is 216 g/mol. The number of benzene rings is 1. The zero-order valence-corrected chi connectivity index (χ0v) is 8.24. The first-order chi connectivity index (χ1) is 6.45. The fourth-order valence-electron chi connectivity index (χ4n) is 1.02. The van der Waals surface area contributed by atoms with Crippen molar-refractivity contribution in [3.63, 3.8) is 0 Å². The van der Waals surface area contributed by atoms with Gasteiger partial charge in [-0.1, -0.05) is 12.1 Å². The smallest absolute Gasteiger partial charge is 0.294 e. The molecular formula is C8H12N2O3S. The zero-order chi connectivity index (χ0) is 10.8. The Hall–Kier alpha value is -0.950. The summed E-state index contributed by atoms with van der Waals surface area (Å²) < 4.78 is 30.1.